The lowest BCUT2D eigenvalue weighted by Gasteiger charge is -2.14. The predicted molar refractivity (Wildman–Crippen MR) is 77.5 cm³/mol. The van der Waals surface area contributed by atoms with Crippen LogP contribution in [-0.4, -0.2) is 44.4 Å². The van der Waals surface area contributed by atoms with Crippen molar-refractivity contribution in [3.8, 4) is 11.5 Å². The first kappa shape index (κ1) is 15.3. The van der Waals surface area contributed by atoms with Crippen molar-refractivity contribution in [2.24, 2.45) is 4.99 Å². The van der Waals surface area contributed by atoms with E-state index >= 15 is 0 Å². The van der Waals surface area contributed by atoms with Gasteiger partial charge in [-0.05, 0) is 12.1 Å². The van der Waals surface area contributed by atoms with Crippen LogP contribution in [0.4, 0.5) is 15.3 Å². The van der Waals surface area contributed by atoms with Crippen LogP contribution in [0.5, 0.6) is 11.5 Å². The molecular weight excluding hydrogens is 292 g/mol. The van der Waals surface area contributed by atoms with Crippen molar-refractivity contribution >= 4 is 29.4 Å². The number of urea groups is 2. The van der Waals surface area contributed by atoms with Gasteiger partial charge in [-0.25, -0.2) is 9.59 Å². The maximum absolute atomic E-state index is 11.9. The van der Waals surface area contributed by atoms with Gasteiger partial charge in [-0.1, -0.05) is 0 Å². The third-order valence-electron chi connectivity index (χ3n) is 2.79. The molecular formula is C13H14N4O5. The summed E-state index contributed by atoms with van der Waals surface area (Å²) in [5.74, 6) is 0.241. The van der Waals surface area contributed by atoms with Crippen molar-refractivity contribution in [2.45, 2.75) is 0 Å². The number of carbonyl (C=O) groups is 3. The van der Waals surface area contributed by atoms with Crippen LogP contribution in [0, 0.1) is 0 Å². The lowest BCUT2D eigenvalue weighted by atomic mass is 10.2. The molecule has 1 fully saturated rings. The number of imide groups is 1. The van der Waals surface area contributed by atoms with Crippen LogP contribution < -0.4 is 25.4 Å². The molecule has 9 heteroatoms. The van der Waals surface area contributed by atoms with E-state index in [9.17, 15) is 14.4 Å². The molecule has 1 heterocycles. The fraction of sp³-hybridized carbons (Fsp3) is 0.231. The quantitative estimate of drug-likeness (QED) is 0.752. The number of ether oxygens (including phenoxy) is 2. The summed E-state index contributed by atoms with van der Waals surface area (Å²) >= 11 is 0. The SMILES string of the molecule is COc1ccc(NC(=O)N=C2CNC(=O)NC2=O)c(OC)c1. The highest BCUT2D eigenvalue weighted by molar-refractivity contribution is 6.45. The third kappa shape index (κ3) is 3.51. The first-order valence-electron chi connectivity index (χ1n) is 6.23. The van der Waals surface area contributed by atoms with Gasteiger partial charge in [0.2, 0.25) is 0 Å². The Morgan fingerprint density at radius 3 is 2.68 bits per heavy atom. The van der Waals surface area contributed by atoms with Crippen LogP contribution in [0.3, 0.4) is 0 Å². The Labute approximate surface area is 125 Å². The maximum Gasteiger partial charge on any atom is 0.345 e. The van der Waals surface area contributed by atoms with E-state index in [0.29, 0.717) is 17.2 Å². The summed E-state index contributed by atoms with van der Waals surface area (Å²) in [6.07, 6.45) is 0. The van der Waals surface area contributed by atoms with Crippen molar-refractivity contribution in [3.05, 3.63) is 18.2 Å². The monoisotopic (exact) mass is 306 g/mol. The number of anilines is 1. The smallest absolute Gasteiger partial charge is 0.345 e. The summed E-state index contributed by atoms with van der Waals surface area (Å²) in [5.41, 5.74) is 0.280. The van der Waals surface area contributed by atoms with E-state index in [1.807, 2.05) is 5.32 Å². The molecule has 1 aliphatic heterocycles. The largest absolute Gasteiger partial charge is 0.497 e. The average Bonchev–Trinajstić information content (AvgIpc) is 2.50. The van der Waals surface area contributed by atoms with Crippen LogP contribution in [0.15, 0.2) is 23.2 Å². The van der Waals surface area contributed by atoms with Gasteiger partial charge in [-0.3, -0.25) is 10.1 Å². The number of nitrogens with one attached hydrogen (secondary N) is 3. The van der Waals surface area contributed by atoms with Gasteiger partial charge in [0.15, 0.2) is 0 Å². The number of hydrogen-bond acceptors (Lipinski definition) is 5. The summed E-state index contributed by atoms with van der Waals surface area (Å²) < 4.78 is 10.2. The lowest BCUT2D eigenvalue weighted by Crippen LogP contribution is -2.53. The fourth-order valence-electron chi connectivity index (χ4n) is 1.72. The molecule has 0 unspecified atom stereocenters. The van der Waals surface area contributed by atoms with Crippen LogP contribution in [0.25, 0.3) is 0 Å². The van der Waals surface area contributed by atoms with Crippen molar-refractivity contribution in [1.29, 1.82) is 0 Å². The van der Waals surface area contributed by atoms with E-state index in [1.165, 1.54) is 14.2 Å². The molecule has 0 atom stereocenters. The van der Waals surface area contributed by atoms with Crippen LogP contribution in [0.2, 0.25) is 0 Å². The molecule has 1 aromatic carbocycles. The normalized spacial score (nSPS) is 15.8. The summed E-state index contributed by atoms with van der Waals surface area (Å²) in [6.45, 7) is -0.113. The molecule has 0 aromatic heterocycles. The number of hydrogen-bond donors (Lipinski definition) is 3. The highest BCUT2D eigenvalue weighted by Crippen LogP contribution is 2.29. The van der Waals surface area contributed by atoms with Gasteiger partial charge in [0.05, 0.1) is 26.5 Å². The van der Waals surface area contributed by atoms with Gasteiger partial charge in [-0.15, -0.1) is 0 Å². The van der Waals surface area contributed by atoms with E-state index in [-0.39, 0.29) is 12.3 Å². The van der Waals surface area contributed by atoms with E-state index < -0.39 is 18.0 Å². The van der Waals surface area contributed by atoms with Gasteiger partial charge >= 0.3 is 12.1 Å². The molecule has 1 aliphatic rings. The maximum atomic E-state index is 11.9. The molecule has 116 valence electrons. The number of aliphatic imine (C=N–C) groups is 1. The average molecular weight is 306 g/mol. The standard InChI is InChI=1S/C13H14N4O5/c1-21-7-3-4-8(10(5-7)22-2)15-13(20)16-9-6-14-12(19)17-11(9)18/h3-5H,6H2,1-2H3,(H,15,20)(H2,14,17,18,19). The molecule has 9 nitrogen and oxygen atoms in total. The van der Waals surface area contributed by atoms with E-state index in [1.54, 1.807) is 18.2 Å². The van der Waals surface area contributed by atoms with Gasteiger partial charge in [0.25, 0.3) is 5.91 Å². The Morgan fingerprint density at radius 2 is 2.05 bits per heavy atom. The summed E-state index contributed by atoms with van der Waals surface area (Å²) in [6, 6.07) is 3.43. The molecule has 5 amide bonds. The number of benzene rings is 1. The van der Waals surface area contributed by atoms with Crippen molar-refractivity contribution in [1.82, 2.24) is 10.6 Å². The minimum Gasteiger partial charge on any atom is -0.497 e. The molecule has 2 rings (SSSR count). The topological polar surface area (TPSA) is 118 Å². The highest BCUT2D eigenvalue weighted by atomic mass is 16.5. The first-order valence-corrected chi connectivity index (χ1v) is 6.23. The second kappa shape index (κ2) is 6.57. The number of methoxy groups -OCH3 is 2. The van der Waals surface area contributed by atoms with Crippen LogP contribution in [-0.2, 0) is 4.79 Å². The molecule has 3 N–H and O–H groups in total. The van der Waals surface area contributed by atoms with Crippen molar-refractivity contribution in [3.63, 3.8) is 0 Å². The summed E-state index contributed by atoms with van der Waals surface area (Å²) in [7, 11) is 2.95. The molecule has 1 saturated heterocycles. The predicted octanol–water partition coefficient (Wildman–Crippen LogP) is 0.516. The molecule has 0 radical (unpaired) electrons. The Morgan fingerprint density at radius 1 is 1.27 bits per heavy atom. The Balaban J connectivity index is 2.12. The molecule has 0 bridgehead atoms. The van der Waals surface area contributed by atoms with E-state index in [4.69, 9.17) is 9.47 Å². The Hall–Kier alpha value is -3.10. The number of carbonyl (C=O) groups excluding carboxylic acids is 3. The summed E-state index contributed by atoms with van der Waals surface area (Å²) in [5, 5.41) is 6.83. The second-order valence-corrected chi connectivity index (χ2v) is 4.19. The minimum absolute atomic E-state index is 0.0930. The Bertz CT molecular complexity index is 656. The van der Waals surface area contributed by atoms with Crippen molar-refractivity contribution < 1.29 is 23.9 Å². The minimum atomic E-state index is -0.759. The zero-order chi connectivity index (χ0) is 16.1. The molecule has 22 heavy (non-hydrogen) atoms. The number of nitrogens with zero attached hydrogens (tertiary/aromatic N) is 1. The van der Waals surface area contributed by atoms with Crippen LogP contribution >= 0.6 is 0 Å². The van der Waals surface area contributed by atoms with Crippen molar-refractivity contribution in [2.75, 3.05) is 26.1 Å². The molecule has 0 aliphatic carbocycles. The molecule has 0 spiro atoms. The zero-order valence-electron chi connectivity index (χ0n) is 11.9. The van der Waals surface area contributed by atoms with E-state index in [2.05, 4.69) is 15.6 Å². The second-order valence-electron chi connectivity index (χ2n) is 4.19. The van der Waals surface area contributed by atoms with Gasteiger partial charge < -0.3 is 20.1 Å². The number of rotatable bonds is 3. The van der Waals surface area contributed by atoms with Gasteiger partial charge in [0, 0.05) is 6.07 Å². The fourth-order valence-corrected chi connectivity index (χ4v) is 1.72. The number of amides is 5. The Kier molecular flexibility index (Phi) is 4.57. The molecule has 1 aromatic rings. The highest BCUT2D eigenvalue weighted by Gasteiger charge is 2.22. The first-order chi connectivity index (χ1) is 10.5. The lowest BCUT2D eigenvalue weighted by molar-refractivity contribution is -0.114. The van der Waals surface area contributed by atoms with Crippen LogP contribution in [0.1, 0.15) is 0 Å². The van der Waals surface area contributed by atoms with Gasteiger partial charge in [0.1, 0.15) is 17.2 Å². The van der Waals surface area contributed by atoms with E-state index in [0.717, 1.165) is 0 Å². The summed E-state index contributed by atoms with van der Waals surface area (Å²) in [4.78, 5) is 37.9. The zero-order valence-corrected chi connectivity index (χ0v) is 11.9. The third-order valence-corrected chi connectivity index (χ3v) is 2.79. The molecule has 0 saturated carbocycles. The van der Waals surface area contributed by atoms with Gasteiger partial charge in [-0.2, -0.15) is 4.99 Å².